The molecule has 0 atom stereocenters. The van der Waals surface area contributed by atoms with Gasteiger partial charge in [0.05, 0.1) is 17.8 Å². The van der Waals surface area contributed by atoms with Crippen LogP contribution in [-0.2, 0) is 0 Å². The van der Waals surface area contributed by atoms with Crippen LogP contribution in [0.4, 0.5) is 5.69 Å². The van der Waals surface area contributed by atoms with Crippen molar-refractivity contribution in [3.8, 4) is 5.75 Å². The molecule has 0 fully saturated rings. The quantitative estimate of drug-likeness (QED) is 0.921. The number of halogens is 1. The van der Waals surface area contributed by atoms with Crippen LogP contribution < -0.4 is 10.5 Å². The third kappa shape index (κ3) is 2.14. The van der Waals surface area contributed by atoms with E-state index in [0.29, 0.717) is 28.1 Å². The molecule has 0 aromatic heterocycles. The molecule has 0 radical (unpaired) electrons. The van der Waals surface area contributed by atoms with E-state index < -0.39 is 0 Å². The number of fused-ring (bicyclic) bond motifs is 1. The van der Waals surface area contributed by atoms with Crippen molar-refractivity contribution in [1.82, 2.24) is 0 Å². The number of hydrogen-bond acceptors (Lipinski definition) is 3. The summed E-state index contributed by atoms with van der Waals surface area (Å²) >= 11 is 6.09. The summed E-state index contributed by atoms with van der Waals surface area (Å²) in [4.78, 5) is 8.79. The third-order valence-electron chi connectivity index (χ3n) is 3.04. The van der Waals surface area contributed by atoms with Gasteiger partial charge in [-0.15, -0.1) is 0 Å². The third-order valence-corrected chi connectivity index (χ3v) is 3.34. The van der Waals surface area contributed by atoms with Crippen molar-refractivity contribution >= 4 is 29.0 Å². The molecular formula is C15H12ClN3O. The van der Waals surface area contributed by atoms with Crippen LogP contribution in [0, 0.1) is 0 Å². The molecular weight excluding hydrogens is 274 g/mol. The van der Waals surface area contributed by atoms with Crippen LogP contribution in [-0.4, -0.2) is 18.8 Å². The van der Waals surface area contributed by atoms with Gasteiger partial charge in [0.15, 0.2) is 5.84 Å². The Hall–Kier alpha value is -2.33. The maximum Gasteiger partial charge on any atom is 0.162 e. The Balaban J connectivity index is 2.04. The largest absolute Gasteiger partial charge is 0.495 e. The molecule has 0 amide bonds. The number of rotatable bonds is 2. The molecule has 0 aliphatic carbocycles. The number of aliphatic imine (C=N–C) groups is 2. The summed E-state index contributed by atoms with van der Waals surface area (Å²) in [6.07, 6.45) is 0. The second kappa shape index (κ2) is 4.98. The highest BCUT2D eigenvalue weighted by Crippen LogP contribution is 2.30. The lowest BCUT2D eigenvalue weighted by molar-refractivity contribution is 0.415. The number of nitrogens with zero attached hydrogens (tertiary/aromatic N) is 2. The molecule has 100 valence electrons. The average Bonchev–Trinajstić information content (AvgIpc) is 2.76. The molecule has 0 saturated heterocycles. The van der Waals surface area contributed by atoms with E-state index in [1.54, 1.807) is 19.2 Å². The van der Waals surface area contributed by atoms with Crippen molar-refractivity contribution in [1.29, 1.82) is 0 Å². The van der Waals surface area contributed by atoms with Crippen molar-refractivity contribution in [2.24, 2.45) is 15.7 Å². The first-order valence-electron chi connectivity index (χ1n) is 6.05. The van der Waals surface area contributed by atoms with Gasteiger partial charge in [0.25, 0.3) is 0 Å². The van der Waals surface area contributed by atoms with E-state index in [-0.39, 0.29) is 0 Å². The summed E-state index contributed by atoms with van der Waals surface area (Å²) in [5.41, 5.74) is 8.43. The van der Waals surface area contributed by atoms with Crippen LogP contribution >= 0.6 is 11.6 Å². The van der Waals surface area contributed by atoms with Crippen molar-refractivity contribution < 1.29 is 4.74 Å². The van der Waals surface area contributed by atoms with Gasteiger partial charge in [0.1, 0.15) is 11.6 Å². The molecule has 1 aliphatic rings. The molecule has 1 aliphatic heterocycles. The zero-order valence-electron chi connectivity index (χ0n) is 10.8. The fourth-order valence-corrected chi connectivity index (χ4v) is 2.32. The molecule has 0 spiro atoms. The van der Waals surface area contributed by atoms with Gasteiger partial charge in [0.2, 0.25) is 0 Å². The molecule has 0 unspecified atom stereocenters. The van der Waals surface area contributed by atoms with Crippen LogP contribution in [0.25, 0.3) is 0 Å². The Labute approximate surface area is 121 Å². The fraction of sp³-hybridized carbons (Fsp3) is 0.0667. The van der Waals surface area contributed by atoms with E-state index in [1.807, 2.05) is 30.3 Å². The fourth-order valence-electron chi connectivity index (χ4n) is 2.07. The number of nitrogens with two attached hydrogens (primary N) is 1. The van der Waals surface area contributed by atoms with Gasteiger partial charge in [-0.2, -0.15) is 0 Å². The maximum atomic E-state index is 6.09. The van der Waals surface area contributed by atoms with Crippen LogP contribution in [0.5, 0.6) is 5.75 Å². The Morgan fingerprint density at radius 1 is 1.15 bits per heavy atom. The maximum absolute atomic E-state index is 6.09. The number of ether oxygens (including phenoxy) is 1. The molecule has 4 nitrogen and oxygen atoms in total. The lowest BCUT2D eigenvalue weighted by atomic mass is 10.1. The minimum Gasteiger partial charge on any atom is -0.495 e. The van der Waals surface area contributed by atoms with Gasteiger partial charge in [-0.3, -0.25) is 0 Å². The zero-order valence-corrected chi connectivity index (χ0v) is 11.6. The van der Waals surface area contributed by atoms with Crippen LogP contribution in [0.3, 0.4) is 0 Å². The predicted octanol–water partition coefficient (Wildman–Crippen LogP) is 3.15. The topological polar surface area (TPSA) is 60.0 Å². The van der Waals surface area contributed by atoms with Crippen molar-refractivity contribution in [3.05, 3.63) is 58.6 Å². The molecule has 2 N–H and O–H groups in total. The predicted molar refractivity (Wildman–Crippen MR) is 81.4 cm³/mol. The molecule has 2 aromatic rings. The highest BCUT2D eigenvalue weighted by molar-refractivity contribution is 6.32. The highest BCUT2D eigenvalue weighted by atomic mass is 35.5. The van der Waals surface area contributed by atoms with E-state index in [1.165, 1.54) is 0 Å². The first-order valence-corrected chi connectivity index (χ1v) is 6.43. The summed E-state index contributed by atoms with van der Waals surface area (Å²) in [7, 11) is 1.57. The van der Waals surface area contributed by atoms with E-state index >= 15 is 0 Å². The normalized spacial score (nSPS) is 15.1. The lowest BCUT2D eigenvalue weighted by Crippen LogP contribution is -2.09. The molecule has 2 aromatic carbocycles. The summed E-state index contributed by atoms with van der Waals surface area (Å²) in [5, 5.41) is 0.512. The smallest absolute Gasteiger partial charge is 0.162 e. The van der Waals surface area contributed by atoms with E-state index in [4.69, 9.17) is 22.1 Å². The summed E-state index contributed by atoms with van der Waals surface area (Å²) in [5.74, 6) is 1.70. The van der Waals surface area contributed by atoms with Crippen LogP contribution in [0.2, 0.25) is 5.02 Å². The van der Waals surface area contributed by atoms with Crippen molar-refractivity contribution in [3.63, 3.8) is 0 Å². The molecule has 3 rings (SSSR count). The van der Waals surface area contributed by atoms with E-state index in [0.717, 1.165) is 11.1 Å². The van der Waals surface area contributed by atoms with Gasteiger partial charge >= 0.3 is 0 Å². The second-order valence-electron chi connectivity index (χ2n) is 4.30. The number of methoxy groups -OCH3 is 1. The Kier molecular flexibility index (Phi) is 3.16. The Morgan fingerprint density at radius 3 is 2.60 bits per heavy atom. The lowest BCUT2D eigenvalue weighted by Gasteiger charge is -2.03. The number of amidine groups is 2. The molecule has 0 saturated carbocycles. The standard InChI is InChI=1S/C15H12ClN3O/c1-20-13-7-6-9(8-12(13)16)18-15-11-5-3-2-4-10(11)14(17)19-15/h2-8H,1H3,(H2,17,18,19). The van der Waals surface area contributed by atoms with Gasteiger partial charge in [-0.05, 0) is 18.2 Å². The molecule has 20 heavy (non-hydrogen) atoms. The van der Waals surface area contributed by atoms with Crippen molar-refractivity contribution in [2.75, 3.05) is 7.11 Å². The Bertz CT molecular complexity index is 738. The monoisotopic (exact) mass is 285 g/mol. The minimum absolute atomic E-state index is 0.485. The van der Waals surface area contributed by atoms with Gasteiger partial charge in [0, 0.05) is 11.1 Å². The van der Waals surface area contributed by atoms with Gasteiger partial charge < -0.3 is 10.5 Å². The molecule has 5 heteroatoms. The summed E-state index contributed by atoms with van der Waals surface area (Å²) in [6.45, 7) is 0. The van der Waals surface area contributed by atoms with Crippen molar-refractivity contribution in [2.45, 2.75) is 0 Å². The molecule has 0 bridgehead atoms. The first kappa shape index (κ1) is 12.7. The second-order valence-corrected chi connectivity index (χ2v) is 4.70. The van der Waals surface area contributed by atoms with Gasteiger partial charge in [-0.1, -0.05) is 35.9 Å². The first-order chi connectivity index (χ1) is 9.69. The Morgan fingerprint density at radius 2 is 1.90 bits per heavy atom. The highest BCUT2D eigenvalue weighted by Gasteiger charge is 2.18. The average molecular weight is 286 g/mol. The molecule has 1 heterocycles. The number of benzene rings is 2. The minimum atomic E-state index is 0.485. The van der Waals surface area contributed by atoms with E-state index in [9.17, 15) is 0 Å². The zero-order chi connectivity index (χ0) is 14.1. The summed E-state index contributed by atoms with van der Waals surface area (Å²) in [6, 6.07) is 13.1. The van der Waals surface area contributed by atoms with E-state index in [2.05, 4.69) is 9.98 Å². The number of hydrogen-bond donors (Lipinski definition) is 1. The van der Waals surface area contributed by atoms with Gasteiger partial charge in [-0.25, -0.2) is 9.98 Å². The SMILES string of the molecule is COc1ccc(N=C2N=C(N)c3ccccc32)cc1Cl. The van der Waals surface area contributed by atoms with Crippen LogP contribution in [0.15, 0.2) is 52.4 Å². The summed E-state index contributed by atoms with van der Waals surface area (Å²) < 4.78 is 5.12. The van der Waals surface area contributed by atoms with Crippen LogP contribution in [0.1, 0.15) is 11.1 Å².